The molecule has 0 aromatic carbocycles. The molecule has 0 aliphatic heterocycles. The van der Waals surface area contributed by atoms with Crippen LogP contribution in [0.4, 0.5) is 0 Å². The van der Waals surface area contributed by atoms with Crippen molar-refractivity contribution in [3.63, 3.8) is 0 Å². The Kier molecular flexibility index (Phi) is 2.29. The average molecular weight is 154 g/mol. The molecule has 1 aromatic heterocycles. The van der Waals surface area contributed by atoms with Crippen LogP contribution < -0.4 is 5.73 Å². The molecule has 0 amide bonds. The number of rotatable bonds is 2. The lowest BCUT2D eigenvalue weighted by molar-refractivity contribution is 0.365. The van der Waals surface area contributed by atoms with Crippen LogP contribution in [0.5, 0.6) is 0 Å². The van der Waals surface area contributed by atoms with Crippen molar-refractivity contribution in [1.29, 1.82) is 0 Å². The fourth-order valence-corrected chi connectivity index (χ4v) is 1.11. The molecular formula is C8H14N2O. The molecule has 11 heavy (non-hydrogen) atoms. The Morgan fingerprint density at radius 2 is 2.18 bits per heavy atom. The van der Waals surface area contributed by atoms with Crippen molar-refractivity contribution in [1.82, 2.24) is 5.16 Å². The number of nitrogens with zero attached hydrogens (tertiary/aromatic N) is 1. The Balaban J connectivity index is 3.00. The van der Waals surface area contributed by atoms with Crippen LogP contribution >= 0.6 is 0 Å². The molecule has 0 radical (unpaired) electrons. The van der Waals surface area contributed by atoms with Gasteiger partial charge in [-0.25, -0.2) is 0 Å². The van der Waals surface area contributed by atoms with E-state index in [0.717, 1.165) is 17.0 Å². The SMILES string of the molecule is Cc1c(CN)noc1C(C)C. The molecule has 0 saturated carbocycles. The van der Waals surface area contributed by atoms with Gasteiger partial charge in [0.25, 0.3) is 0 Å². The Morgan fingerprint density at radius 3 is 2.45 bits per heavy atom. The van der Waals surface area contributed by atoms with E-state index in [1.54, 1.807) is 0 Å². The molecule has 1 aromatic rings. The van der Waals surface area contributed by atoms with Gasteiger partial charge in [0.1, 0.15) is 11.5 Å². The molecule has 2 N–H and O–H groups in total. The van der Waals surface area contributed by atoms with E-state index in [1.165, 1.54) is 0 Å². The monoisotopic (exact) mass is 154 g/mol. The molecule has 0 bridgehead atoms. The van der Waals surface area contributed by atoms with Crippen LogP contribution in [-0.2, 0) is 6.54 Å². The van der Waals surface area contributed by atoms with Crippen LogP contribution in [-0.4, -0.2) is 5.16 Å². The van der Waals surface area contributed by atoms with E-state index in [1.807, 2.05) is 6.92 Å². The van der Waals surface area contributed by atoms with Gasteiger partial charge >= 0.3 is 0 Å². The van der Waals surface area contributed by atoms with Gasteiger partial charge in [0.2, 0.25) is 0 Å². The minimum absolute atomic E-state index is 0.391. The predicted molar refractivity (Wildman–Crippen MR) is 43.2 cm³/mol. The van der Waals surface area contributed by atoms with E-state index in [0.29, 0.717) is 12.5 Å². The van der Waals surface area contributed by atoms with Gasteiger partial charge in [0.05, 0.1) is 0 Å². The maximum Gasteiger partial charge on any atom is 0.142 e. The maximum atomic E-state index is 5.44. The summed E-state index contributed by atoms with van der Waals surface area (Å²) in [6.07, 6.45) is 0. The number of hydrogen-bond acceptors (Lipinski definition) is 3. The summed E-state index contributed by atoms with van der Waals surface area (Å²) in [5.41, 5.74) is 7.41. The van der Waals surface area contributed by atoms with E-state index < -0.39 is 0 Å². The second kappa shape index (κ2) is 3.05. The Bertz CT molecular complexity index is 240. The van der Waals surface area contributed by atoms with Crippen molar-refractivity contribution in [2.75, 3.05) is 0 Å². The largest absolute Gasteiger partial charge is 0.361 e. The van der Waals surface area contributed by atoms with Crippen molar-refractivity contribution in [2.45, 2.75) is 33.2 Å². The van der Waals surface area contributed by atoms with Gasteiger partial charge < -0.3 is 10.3 Å². The molecule has 0 fully saturated rings. The van der Waals surface area contributed by atoms with Crippen LogP contribution in [0.2, 0.25) is 0 Å². The minimum atomic E-state index is 0.391. The Hall–Kier alpha value is -0.830. The zero-order valence-corrected chi connectivity index (χ0v) is 7.22. The molecule has 0 aliphatic carbocycles. The molecule has 1 rings (SSSR count). The smallest absolute Gasteiger partial charge is 0.142 e. The summed E-state index contributed by atoms with van der Waals surface area (Å²) in [7, 11) is 0. The highest BCUT2D eigenvalue weighted by molar-refractivity contribution is 5.22. The van der Waals surface area contributed by atoms with Crippen molar-refractivity contribution in [3.8, 4) is 0 Å². The first-order valence-electron chi connectivity index (χ1n) is 3.82. The topological polar surface area (TPSA) is 52.0 Å². The quantitative estimate of drug-likeness (QED) is 0.703. The minimum Gasteiger partial charge on any atom is -0.361 e. The summed E-state index contributed by atoms with van der Waals surface area (Å²) < 4.78 is 5.12. The van der Waals surface area contributed by atoms with E-state index >= 15 is 0 Å². The predicted octanol–water partition coefficient (Wildman–Crippen LogP) is 1.57. The molecule has 0 spiro atoms. The zero-order chi connectivity index (χ0) is 8.43. The first-order valence-corrected chi connectivity index (χ1v) is 3.82. The fraction of sp³-hybridized carbons (Fsp3) is 0.625. The van der Waals surface area contributed by atoms with Gasteiger partial charge in [-0.2, -0.15) is 0 Å². The third-order valence-corrected chi connectivity index (χ3v) is 1.77. The summed E-state index contributed by atoms with van der Waals surface area (Å²) >= 11 is 0. The average Bonchev–Trinajstić information content (AvgIpc) is 2.30. The van der Waals surface area contributed by atoms with E-state index in [4.69, 9.17) is 10.3 Å². The zero-order valence-electron chi connectivity index (χ0n) is 7.22. The lowest BCUT2D eigenvalue weighted by Gasteiger charge is -1.98. The van der Waals surface area contributed by atoms with Gasteiger partial charge in [0.15, 0.2) is 0 Å². The molecule has 3 heteroatoms. The molecule has 0 atom stereocenters. The molecule has 0 aliphatic rings. The van der Waals surface area contributed by atoms with Crippen LogP contribution in [0.3, 0.4) is 0 Å². The highest BCUT2D eigenvalue weighted by Crippen LogP contribution is 2.20. The van der Waals surface area contributed by atoms with Gasteiger partial charge in [-0.3, -0.25) is 0 Å². The van der Waals surface area contributed by atoms with Crippen molar-refractivity contribution < 1.29 is 4.52 Å². The lowest BCUT2D eigenvalue weighted by Crippen LogP contribution is -1.98. The van der Waals surface area contributed by atoms with E-state index in [2.05, 4.69) is 19.0 Å². The molecule has 1 heterocycles. The Labute approximate surface area is 66.6 Å². The van der Waals surface area contributed by atoms with Crippen molar-refractivity contribution >= 4 is 0 Å². The third kappa shape index (κ3) is 1.43. The normalized spacial score (nSPS) is 11.0. The summed E-state index contributed by atoms with van der Waals surface area (Å²) in [6.45, 7) is 6.61. The molecule has 62 valence electrons. The summed E-state index contributed by atoms with van der Waals surface area (Å²) in [6, 6.07) is 0. The number of hydrogen-bond donors (Lipinski definition) is 1. The Morgan fingerprint density at radius 1 is 1.55 bits per heavy atom. The van der Waals surface area contributed by atoms with Crippen LogP contribution in [0.15, 0.2) is 4.52 Å². The summed E-state index contributed by atoms with van der Waals surface area (Å²) in [5, 5.41) is 3.86. The van der Waals surface area contributed by atoms with Crippen LogP contribution in [0.25, 0.3) is 0 Å². The van der Waals surface area contributed by atoms with Crippen LogP contribution in [0.1, 0.15) is 36.8 Å². The van der Waals surface area contributed by atoms with E-state index in [9.17, 15) is 0 Å². The number of nitrogens with two attached hydrogens (primary N) is 1. The highest BCUT2D eigenvalue weighted by atomic mass is 16.5. The van der Waals surface area contributed by atoms with E-state index in [-0.39, 0.29) is 0 Å². The van der Waals surface area contributed by atoms with Gasteiger partial charge in [0, 0.05) is 18.0 Å². The second-order valence-corrected chi connectivity index (χ2v) is 2.98. The maximum absolute atomic E-state index is 5.44. The third-order valence-electron chi connectivity index (χ3n) is 1.77. The van der Waals surface area contributed by atoms with Crippen LogP contribution in [0, 0.1) is 6.92 Å². The van der Waals surface area contributed by atoms with Gasteiger partial charge in [-0.05, 0) is 6.92 Å². The summed E-state index contributed by atoms with van der Waals surface area (Å²) in [5.74, 6) is 1.34. The van der Waals surface area contributed by atoms with Crippen molar-refractivity contribution in [3.05, 3.63) is 17.0 Å². The number of aromatic nitrogens is 1. The highest BCUT2D eigenvalue weighted by Gasteiger charge is 2.12. The first kappa shape index (κ1) is 8.27. The molecule has 3 nitrogen and oxygen atoms in total. The first-order chi connectivity index (χ1) is 5.16. The second-order valence-electron chi connectivity index (χ2n) is 2.98. The van der Waals surface area contributed by atoms with Gasteiger partial charge in [-0.15, -0.1) is 0 Å². The standard InChI is InChI=1S/C8H14N2O/c1-5(2)8-6(3)7(4-9)10-11-8/h5H,4,9H2,1-3H3. The lowest BCUT2D eigenvalue weighted by atomic mass is 10.1. The molecule has 0 saturated heterocycles. The van der Waals surface area contributed by atoms with Crippen molar-refractivity contribution in [2.24, 2.45) is 5.73 Å². The molecular weight excluding hydrogens is 140 g/mol. The molecule has 0 unspecified atom stereocenters. The fourth-order valence-electron chi connectivity index (χ4n) is 1.11. The summed E-state index contributed by atoms with van der Waals surface area (Å²) in [4.78, 5) is 0. The van der Waals surface area contributed by atoms with Gasteiger partial charge in [-0.1, -0.05) is 19.0 Å².